The lowest BCUT2D eigenvalue weighted by atomic mass is 10.2. The first-order valence-electron chi connectivity index (χ1n) is 8.86. The Kier molecular flexibility index (Phi) is 5.86. The molecule has 0 spiro atoms. The van der Waals surface area contributed by atoms with E-state index in [0.29, 0.717) is 29.8 Å². The summed E-state index contributed by atoms with van der Waals surface area (Å²) in [5.74, 6) is 0.985. The van der Waals surface area contributed by atoms with Gasteiger partial charge in [-0.25, -0.2) is 9.37 Å². The Morgan fingerprint density at radius 1 is 1.30 bits per heavy atom. The highest BCUT2D eigenvalue weighted by molar-refractivity contribution is 5.91. The Labute approximate surface area is 157 Å². The van der Waals surface area contributed by atoms with Crippen molar-refractivity contribution in [2.75, 3.05) is 6.54 Å². The largest absolute Gasteiger partial charge is 0.491 e. The van der Waals surface area contributed by atoms with Gasteiger partial charge in [0.25, 0.3) is 0 Å². The van der Waals surface area contributed by atoms with Gasteiger partial charge in [0.05, 0.1) is 17.1 Å². The fourth-order valence-electron chi connectivity index (χ4n) is 2.65. The number of imidazole rings is 1. The lowest BCUT2D eigenvalue weighted by Gasteiger charge is -2.09. The van der Waals surface area contributed by atoms with Crippen LogP contribution in [0.15, 0.2) is 48.5 Å². The minimum absolute atomic E-state index is 0.0993. The van der Waals surface area contributed by atoms with Crippen LogP contribution in [-0.2, 0) is 11.2 Å². The Morgan fingerprint density at radius 3 is 2.96 bits per heavy atom. The molecule has 3 rings (SSSR count). The fraction of sp³-hybridized carbons (Fsp3) is 0.238. The number of ether oxygens (including phenoxy) is 1. The summed E-state index contributed by atoms with van der Waals surface area (Å²) in [5, 5.41) is 2.81. The van der Waals surface area contributed by atoms with Crippen molar-refractivity contribution in [3.8, 4) is 5.75 Å². The highest BCUT2D eigenvalue weighted by Gasteiger charge is 2.04. The predicted octanol–water partition coefficient (Wildman–Crippen LogP) is 3.86. The van der Waals surface area contributed by atoms with Crippen LogP contribution in [0.25, 0.3) is 17.1 Å². The third-order valence-electron chi connectivity index (χ3n) is 3.81. The van der Waals surface area contributed by atoms with Crippen LogP contribution in [0, 0.1) is 5.82 Å². The van der Waals surface area contributed by atoms with E-state index in [1.807, 2.05) is 38.1 Å². The predicted molar refractivity (Wildman–Crippen MR) is 104 cm³/mol. The van der Waals surface area contributed by atoms with Gasteiger partial charge >= 0.3 is 0 Å². The number of nitrogens with one attached hydrogen (secondary N) is 2. The summed E-state index contributed by atoms with van der Waals surface area (Å²) >= 11 is 0. The lowest BCUT2D eigenvalue weighted by molar-refractivity contribution is -0.116. The van der Waals surface area contributed by atoms with Crippen molar-refractivity contribution in [1.82, 2.24) is 15.3 Å². The molecule has 0 radical (unpaired) electrons. The van der Waals surface area contributed by atoms with Crippen LogP contribution in [0.1, 0.15) is 25.2 Å². The average molecular weight is 367 g/mol. The quantitative estimate of drug-likeness (QED) is 0.623. The SMILES string of the molecule is CC(C)Oc1cccc(/C=C/C(=O)NCCc2nc3ccc(F)cc3[nH]2)c1. The fourth-order valence-corrected chi connectivity index (χ4v) is 2.65. The number of aromatic amines is 1. The minimum Gasteiger partial charge on any atom is -0.491 e. The number of nitrogens with zero attached hydrogens (tertiary/aromatic N) is 1. The first-order valence-corrected chi connectivity index (χ1v) is 8.86. The molecule has 140 valence electrons. The molecule has 0 saturated carbocycles. The van der Waals surface area contributed by atoms with Crippen molar-refractivity contribution in [2.45, 2.75) is 26.4 Å². The first-order chi connectivity index (χ1) is 13.0. The number of rotatable bonds is 7. The normalized spacial score (nSPS) is 11.4. The number of fused-ring (bicyclic) bond motifs is 1. The molecule has 5 nitrogen and oxygen atoms in total. The Bertz CT molecular complexity index is 963. The molecule has 0 aliphatic heterocycles. The highest BCUT2D eigenvalue weighted by atomic mass is 19.1. The number of amides is 1. The summed E-state index contributed by atoms with van der Waals surface area (Å²) in [4.78, 5) is 19.4. The third kappa shape index (κ3) is 5.41. The van der Waals surface area contributed by atoms with E-state index in [4.69, 9.17) is 4.74 Å². The molecule has 2 N–H and O–H groups in total. The topological polar surface area (TPSA) is 67.0 Å². The third-order valence-corrected chi connectivity index (χ3v) is 3.81. The van der Waals surface area contributed by atoms with E-state index in [1.165, 1.54) is 18.2 Å². The van der Waals surface area contributed by atoms with E-state index in [9.17, 15) is 9.18 Å². The first kappa shape index (κ1) is 18.6. The molecular weight excluding hydrogens is 345 g/mol. The standard InChI is InChI=1S/C21H22FN3O2/c1-14(2)27-17-5-3-4-15(12-17)6-9-21(26)23-11-10-20-24-18-8-7-16(22)13-19(18)25-20/h3-9,12-14H,10-11H2,1-2H3,(H,23,26)(H,24,25)/b9-6+. The van der Waals surface area contributed by atoms with E-state index in [1.54, 1.807) is 12.1 Å². The number of hydrogen-bond donors (Lipinski definition) is 2. The van der Waals surface area contributed by atoms with Crippen LogP contribution < -0.4 is 10.1 Å². The molecule has 0 fully saturated rings. The van der Waals surface area contributed by atoms with Gasteiger partial charge in [-0.3, -0.25) is 4.79 Å². The molecule has 0 saturated heterocycles. The molecule has 0 aliphatic carbocycles. The van der Waals surface area contributed by atoms with Gasteiger partial charge in [-0.2, -0.15) is 0 Å². The molecule has 0 aliphatic rings. The number of H-pyrrole nitrogens is 1. The van der Waals surface area contributed by atoms with Crippen LogP contribution in [0.3, 0.4) is 0 Å². The van der Waals surface area contributed by atoms with Gasteiger partial charge in [0.2, 0.25) is 5.91 Å². The molecule has 1 amide bonds. The zero-order valence-corrected chi connectivity index (χ0v) is 15.3. The molecule has 6 heteroatoms. The highest BCUT2D eigenvalue weighted by Crippen LogP contribution is 2.16. The van der Waals surface area contributed by atoms with Crippen LogP contribution in [0.2, 0.25) is 0 Å². The number of carbonyl (C=O) groups excluding carboxylic acids is 1. The van der Waals surface area contributed by atoms with Gasteiger partial charge in [0, 0.05) is 19.0 Å². The summed E-state index contributed by atoms with van der Waals surface area (Å²) in [6.45, 7) is 4.37. The van der Waals surface area contributed by atoms with Crippen molar-refractivity contribution in [3.05, 3.63) is 65.7 Å². The van der Waals surface area contributed by atoms with Crippen molar-refractivity contribution >= 4 is 23.0 Å². The molecular formula is C21H22FN3O2. The average Bonchev–Trinajstić information content (AvgIpc) is 3.01. The zero-order chi connectivity index (χ0) is 19.2. The summed E-state index contributed by atoms with van der Waals surface area (Å²) in [6.07, 6.45) is 3.87. The molecule has 3 aromatic rings. The Balaban J connectivity index is 1.51. The summed E-state index contributed by atoms with van der Waals surface area (Å²) in [6, 6.07) is 12.0. The van der Waals surface area contributed by atoms with Crippen molar-refractivity contribution in [3.63, 3.8) is 0 Å². The molecule has 1 aromatic heterocycles. The van der Waals surface area contributed by atoms with E-state index in [2.05, 4.69) is 15.3 Å². The number of hydrogen-bond acceptors (Lipinski definition) is 3. The number of benzene rings is 2. The van der Waals surface area contributed by atoms with Gasteiger partial charge < -0.3 is 15.0 Å². The van der Waals surface area contributed by atoms with Crippen LogP contribution in [-0.4, -0.2) is 28.5 Å². The maximum absolute atomic E-state index is 13.2. The maximum atomic E-state index is 13.2. The number of carbonyl (C=O) groups is 1. The zero-order valence-electron chi connectivity index (χ0n) is 15.3. The maximum Gasteiger partial charge on any atom is 0.244 e. The number of aromatic nitrogens is 2. The smallest absolute Gasteiger partial charge is 0.244 e. The van der Waals surface area contributed by atoms with Gasteiger partial charge in [0.15, 0.2) is 0 Å². The number of halogens is 1. The van der Waals surface area contributed by atoms with E-state index >= 15 is 0 Å². The van der Waals surface area contributed by atoms with Gasteiger partial charge in [0.1, 0.15) is 17.4 Å². The van der Waals surface area contributed by atoms with Gasteiger partial charge in [-0.15, -0.1) is 0 Å². The van der Waals surface area contributed by atoms with E-state index in [0.717, 1.165) is 11.3 Å². The Morgan fingerprint density at radius 2 is 2.15 bits per heavy atom. The molecule has 2 aromatic carbocycles. The van der Waals surface area contributed by atoms with E-state index in [-0.39, 0.29) is 17.8 Å². The van der Waals surface area contributed by atoms with Crippen LogP contribution in [0.5, 0.6) is 5.75 Å². The van der Waals surface area contributed by atoms with E-state index < -0.39 is 0 Å². The summed E-state index contributed by atoms with van der Waals surface area (Å²) in [7, 11) is 0. The van der Waals surface area contributed by atoms with Crippen molar-refractivity contribution < 1.29 is 13.9 Å². The second-order valence-electron chi connectivity index (χ2n) is 6.46. The second-order valence-corrected chi connectivity index (χ2v) is 6.46. The molecule has 0 atom stereocenters. The van der Waals surface area contributed by atoms with Gasteiger partial charge in [-0.1, -0.05) is 12.1 Å². The van der Waals surface area contributed by atoms with Crippen molar-refractivity contribution in [2.24, 2.45) is 0 Å². The molecule has 27 heavy (non-hydrogen) atoms. The molecule has 1 heterocycles. The van der Waals surface area contributed by atoms with Crippen LogP contribution >= 0.6 is 0 Å². The monoisotopic (exact) mass is 367 g/mol. The minimum atomic E-state index is -0.306. The Hall–Kier alpha value is -3.15. The summed E-state index contributed by atoms with van der Waals surface area (Å²) in [5.41, 5.74) is 2.25. The lowest BCUT2D eigenvalue weighted by Crippen LogP contribution is -2.23. The molecule has 0 unspecified atom stereocenters. The van der Waals surface area contributed by atoms with Crippen LogP contribution in [0.4, 0.5) is 4.39 Å². The van der Waals surface area contributed by atoms with Crippen molar-refractivity contribution in [1.29, 1.82) is 0 Å². The molecule has 0 bridgehead atoms. The second kappa shape index (κ2) is 8.49. The summed E-state index contributed by atoms with van der Waals surface area (Å²) < 4.78 is 18.8. The van der Waals surface area contributed by atoms with Gasteiger partial charge in [-0.05, 0) is 55.8 Å².